The van der Waals surface area contributed by atoms with Crippen molar-refractivity contribution >= 4 is 12.0 Å². The van der Waals surface area contributed by atoms with Gasteiger partial charge < -0.3 is 0 Å². The van der Waals surface area contributed by atoms with Crippen LogP contribution in [0.15, 0.2) is 5.16 Å². The van der Waals surface area contributed by atoms with Gasteiger partial charge in [-0.2, -0.15) is 0 Å². The molecular weight excluding hydrogens is 158 g/mol. The van der Waals surface area contributed by atoms with E-state index in [1.54, 1.807) is 6.92 Å². The third-order valence-corrected chi connectivity index (χ3v) is 1.18. The quantitative estimate of drug-likeness (QED) is 0.384. The van der Waals surface area contributed by atoms with Crippen LogP contribution in [-0.4, -0.2) is 20.4 Å². The molecule has 1 heterocycles. The molecule has 0 aliphatic carbocycles. The number of rotatable bonds is 3. The summed E-state index contributed by atoms with van der Waals surface area (Å²) in [5, 5.41) is 17.6. The van der Waals surface area contributed by atoms with Gasteiger partial charge >= 0.3 is 0 Å². The van der Waals surface area contributed by atoms with Crippen molar-refractivity contribution in [2.75, 3.05) is 0 Å². The summed E-state index contributed by atoms with van der Waals surface area (Å²) in [6, 6.07) is 0. The molecule has 0 fully saturated rings. The van der Waals surface area contributed by atoms with E-state index in [0.29, 0.717) is 23.0 Å². The Morgan fingerprint density at radius 1 is 1.70 bits per heavy atom. The highest BCUT2D eigenvalue weighted by molar-refractivity contribution is 7.94. The number of aryl methyl sites for hydroxylation is 1. The lowest BCUT2D eigenvalue weighted by molar-refractivity contribution is -0.432. The van der Waals surface area contributed by atoms with Crippen molar-refractivity contribution in [2.45, 2.75) is 12.1 Å². The van der Waals surface area contributed by atoms with Gasteiger partial charge in [0.1, 0.15) is 17.9 Å². The Morgan fingerprint density at radius 2 is 2.50 bits per heavy atom. The molecule has 56 valence electrons. The molecule has 10 heavy (non-hydrogen) atoms. The van der Waals surface area contributed by atoms with Crippen LogP contribution >= 0.6 is 12.0 Å². The SMILES string of the molecule is Cc1nc(SOOO)n[nH]1. The molecule has 0 saturated carbocycles. The lowest BCUT2D eigenvalue weighted by atomic mass is 10.8. The Kier molecular flexibility index (Phi) is 2.63. The first-order valence-electron chi connectivity index (χ1n) is 2.36. The van der Waals surface area contributed by atoms with Crippen LogP contribution in [0.4, 0.5) is 0 Å². The van der Waals surface area contributed by atoms with E-state index in [4.69, 9.17) is 5.26 Å². The Labute approximate surface area is 60.6 Å². The van der Waals surface area contributed by atoms with E-state index in [-0.39, 0.29) is 0 Å². The second-order valence-corrected chi connectivity index (χ2v) is 2.10. The summed E-state index contributed by atoms with van der Waals surface area (Å²) in [6.07, 6.45) is 0. The Bertz CT molecular complexity index is 203. The minimum absolute atomic E-state index is 0.353. The maximum Gasteiger partial charge on any atom is 0.238 e. The summed E-state index contributed by atoms with van der Waals surface area (Å²) in [7, 11) is 0. The number of H-pyrrole nitrogens is 1. The predicted molar refractivity (Wildman–Crippen MR) is 31.8 cm³/mol. The van der Waals surface area contributed by atoms with Crippen LogP contribution in [0.2, 0.25) is 0 Å². The third kappa shape index (κ3) is 1.95. The second kappa shape index (κ2) is 3.52. The zero-order valence-electron chi connectivity index (χ0n) is 5.07. The lowest BCUT2D eigenvalue weighted by Crippen LogP contribution is -1.80. The molecule has 0 amide bonds. The van der Waals surface area contributed by atoms with Gasteiger partial charge in [0.25, 0.3) is 0 Å². The normalized spacial score (nSPS) is 10.2. The Hall–Kier alpha value is -0.630. The maximum absolute atomic E-state index is 7.73. The molecule has 0 aliphatic rings. The van der Waals surface area contributed by atoms with Gasteiger partial charge in [0.05, 0.1) is 0 Å². The first-order valence-corrected chi connectivity index (χ1v) is 3.11. The first kappa shape index (κ1) is 7.48. The van der Waals surface area contributed by atoms with E-state index in [2.05, 4.69) is 24.6 Å². The fourth-order valence-corrected chi connectivity index (χ4v) is 0.753. The fourth-order valence-electron chi connectivity index (χ4n) is 0.405. The van der Waals surface area contributed by atoms with Crippen LogP contribution in [0.25, 0.3) is 0 Å². The molecule has 7 heteroatoms. The molecule has 0 saturated heterocycles. The molecule has 6 nitrogen and oxygen atoms in total. The number of nitrogens with one attached hydrogen (secondary N) is 1. The molecule has 1 rings (SSSR count). The average Bonchev–Trinajstić information content (AvgIpc) is 2.31. The van der Waals surface area contributed by atoms with E-state index in [1.807, 2.05) is 0 Å². The van der Waals surface area contributed by atoms with Crippen molar-refractivity contribution in [2.24, 2.45) is 0 Å². The smallest absolute Gasteiger partial charge is 0.238 e. The minimum atomic E-state index is 0.353. The van der Waals surface area contributed by atoms with Gasteiger partial charge in [0.2, 0.25) is 5.16 Å². The summed E-state index contributed by atoms with van der Waals surface area (Å²) >= 11 is 0.716. The number of hydrogen-bond donors (Lipinski definition) is 2. The molecule has 0 aliphatic heterocycles. The van der Waals surface area contributed by atoms with Crippen molar-refractivity contribution in [3.63, 3.8) is 0 Å². The zero-order chi connectivity index (χ0) is 7.40. The van der Waals surface area contributed by atoms with Crippen molar-refractivity contribution < 1.29 is 14.6 Å². The average molecular weight is 163 g/mol. The zero-order valence-corrected chi connectivity index (χ0v) is 5.88. The second-order valence-electron chi connectivity index (χ2n) is 1.43. The molecule has 0 unspecified atom stereocenters. The summed E-state index contributed by atoms with van der Waals surface area (Å²) in [6.45, 7) is 1.75. The van der Waals surface area contributed by atoms with Gasteiger partial charge in [-0.15, -0.1) is 9.43 Å². The van der Waals surface area contributed by atoms with Gasteiger partial charge in [0, 0.05) is 0 Å². The minimum Gasteiger partial charge on any atom is -0.262 e. The van der Waals surface area contributed by atoms with Crippen LogP contribution in [0, 0.1) is 6.92 Å². The molecular formula is C3H5N3O3S. The molecule has 0 radical (unpaired) electrons. The highest BCUT2D eigenvalue weighted by atomic mass is 32.2. The molecule has 0 aromatic carbocycles. The maximum atomic E-state index is 7.73. The lowest BCUT2D eigenvalue weighted by Gasteiger charge is -1.86. The Balaban J connectivity index is 2.42. The van der Waals surface area contributed by atoms with E-state index in [0.717, 1.165) is 0 Å². The van der Waals surface area contributed by atoms with E-state index >= 15 is 0 Å². The van der Waals surface area contributed by atoms with E-state index in [1.165, 1.54) is 0 Å². The van der Waals surface area contributed by atoms with Gasteiger partial charge in [0.15, 0.2) is 0 Å². The summed E-state index contributed by atoms with van der Waals surface area (Å²) in [5.74, 6) is 0.670. The monoisotopic (exact) mass is 163 g/mol. The van der Waals surface area contributed by atoms with Crippen LogP contribution in [0.1, 0.15) is 5.82 Å². The van der Waals surface area contributed by atoms with E-state index < -0.39 is 0 Å². The van der Waals surface area contributed by atoms with Crippen LogP contribution < -0.4 is 0 Å². The highest BCUT2D eigenvalue weighted by Gasteiger charge is 2.00. The topological polar surface area (TPSA) is 80.3 Å². The molecule has 2 N–H and O–H groups in total. The fraction of sp³-hybridized carbons (Fsp3) is 0.333. The van der Waals surface area contributed by atoms with Crippen molar-refractivity contribution in [1.82, 2.24) is 15.2 Å². The van der Waals surface area contributed by atoms with Crippen LogP contribution in [-0.2, 0) is 9.37 Å². The van der Waals surface area contributed by atoms with Crippen molar-refractivity contribution in [3.05, 3.63) is 5.82 Å². The third-order valence-electron chi connectivity index (χ3n) is 0.716. The molecule has 0 atom stereocenters. The van der Waals surface area contributed by atoms with Gasteiger partial charge in [-0.3, -0.25) is 5.10 Å². The summed E-state index contributed by atoms with van der Waals surface area (Å²) in [4.78, 5) is 3.83. The molecule has 0 spiro atoms. The highest BCUT2D eigenvalue weighted by Crippen LogP contribution is 2.12. The Morgan fingerprint density at radius 3 is 3.00 bits per heavy atom. The molecule has 0 bridgehead atoms. The van der Waals surface area contributed by atoms with Gasteiger partial charge in [-0.05, 0) is 6.92 Å². The van der Waals surface area contributed by atoms with Gasteiger partial charge in [-0.25, -0.2) is 10.2 Å². The summed E-state index contributed by atoms with van der Waals surface area (Å²) in [5.41, 5.74) is 0. The van der Waals surface area contributed by atoms with Crippen LogP contribution in [0.3, 0.4) is 0 Å². The standard InChI is InChI=1S/C3H5N3O3S/c1-2-4-3(6-5-2)10-9-8-7/h7H,1H3,(H,4,5,6). The van der Waals surface area contributed by atoms with Crippen molar-refractivity contribution in [1.29, 1.82) is 0 Å². The van der Waals surface area contributed by atoms with Crippen LogP contribution in [0.5, 0.6) is 0 Å². The largest absolute Gasteiger partial charge is 0.262 e. The summed E-state index contributed by atoms with van der Waals surface area (Å²) < 4.78 is 4.06. The van der Waals surface area contributed by atoms with Crippen molar-refractivity contribution in [3.8, 4) is 0 Å². The van der Waals surface area contributed by atoms with E-state index in [9.17, 15) is 0 Å². The number of nitrogens with zero attached hydrogens (tertiary/aromatic N) is 2. The van der Waals surface area contributed by atoms with Gasteiger partial charge in [-0.1, -0.05) is 5.04 Å². The number of hydrogen-bond acceptors (Lipinski definition) is 6. The first-order chi connectivity index (χ1) is 4.83. The molecule has 1 aromatic heterocycles. The predicted octanol–water partition coefficient (Wildman–Crippen LogP) is 0.541. The molecule has 1 aromatic rings. The number of aromatic amines is 1. The number of aromatic nitrogens is 3.